The number of thioether (sulfide) groups is 1. The van der Waals surface area contributed by atoms with Crippen LogP contribution in [-0.4, -0.2) is 40.1 Å². The Bertz CT molecular complexity index is 1300. The Kier molecular flexibility index (Phi) is 6.35. The third-order valence-electron chi connectivity index (χ3n) is 5.18. The highest BCUT2D eigenvalue weighted by molar-refractivity contribution is 7.99. The number of nitrogens with one attached hydrogen (secondary N) is 1. The Balaban J connectivity index is 1.38. The predicted octanol–water partition coefficient (Wildman–Crippen LogP) is 4.52. The van der Waals surface area contributed by atoms with Crippen LogP contribution in [0.2, 0.25) is 0 Å². The van der Waals surface area contributed by atoms with Crippen molar-refractivity contribution in [3.05, 3.63) is 84.7 Å². The fourth-order valence-electron chi connectivity index (χ4n) is 3.61. The summed E-state index contributed by atoms with van der Waals surface area (Å²) >= 11 is 1.29. The van der Waals surface area contributed by atoms with Gasteiger partial charge in [-0.3, -0.25) is 9.36 Å². The zero-order valence-corrected chi connectivity index (χ0v) is 19.2. The molecule has 1 aliphatic heterocycles. The highest BCUT2D eigenvalue weighted by atomic mass is 32.2. The smallest absolute Gasteiger partial charge is 0.234 e. The van der Waals surface area contributed by atoms with E-state index in [0.717, 1.165) is 5.69 Å². The molecule has 0 saturated heterocycles. The highest BCUT2D eigenvalue weighted by Crippen LogP contribution is 2.37. The van der Waals surface area contributed by atoms with Gasteiger partial charge in [0.15, 0.2) is 28.6 Å². The second kappa shape index (κ2) is 9.88. The normalized spacial score (nSPS) is 14.4. The summed E-state index contributed by atoms with van der Waals surface area (Å²) in [5, 5.41) is 12.3. The van der Waals surface area contributed by atoms with Crippen molar-refractivity contribution < 1.29 is 19.0 Å². The van der Waals surface area contributed by atoms with Crippen LogP contribution >= 0.6 is 11.8 Å². The zero-order chi connectivity index (χ0) is 23.3. The van der Waals surface area contributed by atoms with E-state index < -0.39 is 6.10 Å². The molecule has 4 aromatic rings. The minimum Gasteiger partial charge on any atom is -0.495 e. The molecular weight excluding hydrogens is 452 g/mol. The van der Waals surface area contributed by atoms with Crippen LogP contribution in [0.1, 0.15) is 11.9 Å². The number of amides is 1. The topological polar surface area (TPSA) is 87.5 Å². The number of nitrogens with zero attached hydrogens (tertiary/aromatic N) is 3. The quantitative estimate of drug-likeness (QED) is 0.394. The molecule has 1 unspecified atom stereocenters. The van der Waals surface area contributed by atoms with Crippen molar-refractivity contribution in [1.82, 2.24) is 14.8 Å². The van der Waals surface area contributed by atoms with E-state index in [4.69, 9.17) is 14.2 Å². The van der Waals surface area contributed by atoms with E-state index >= 15 is 0 Å². The van der Waals surface area contributed by atoms with Gasteiger partial charge in [0.25, 0.3) is 0 Å². The molecule has 1 atom stereocenters. The van der Waals surface area contributed by atoms with Crippen LogP contribution in [0, 0.1) is 0 Å². The molecule has 1 aromatic heterocycles. The number of fused-ring (bicyclic) bond motifs is 1. The molecule has 8 nitrogen and oxygen atoms in total. The number of anilines is 1. The van der Waals surface area contributed by atoms with Gasteiger partial charge in [-0.2, -0.15) is 0 Å². The summed E-state index contributed by atoms with van der Waals surface area (Å²) in [5.74, 6) is 2.54. The summed E-state index contributed by atoms with van der Waals surface area (Å²) in [4.78, 5) is 12.7. The first-order chi connectivity index (χ1) is 16.7. The van der Waals surface area contributed by atoms with Crippen molar-refractivity contribution in [3.8, 4) is 22.9 Å². The third-order valence-corrected chi connectivity index (χ3v) is 6.11. The number of hydrogen-bond acceptors (Lipinski definition) is 7. The SMILES string of the molecule is COc1ccccc1NC(=O)CSc1nnc(C2COc3ccccc3O2)n1-c1ccccc1. The lowest BCUT2D eigenvalue weighted by Crippen LogP contribution is -2.24. The van der Waals surface area contributed by atoms with Gasteiger partial charge in [-0.15, -0.1) is 10.2 Å². The van der Waals surface area contributed by atoms with E-state index in [1.54, 1.807) is 19.2 Å². The lowest BCUT2D eigenvalue weighted by Gasteiger charge is -2.26. The monoisotopic (exact) mass is 474 g/mol. The molecule has 1 amide bonds. The number of para-hydroxylation sites is 5. The number of methoxy groups -OCH3 is 1. The predicted molar refractivity (Wildman–Crippen MR) is 129 cm³/mol. The molecule has 0 spiro atoms. The standard InChI is InChI=1S/C25H22N4O4S/c1-31-19-12-6-5-11-18(19)26-23(30)16-34-25-28-27-24(29(25)17-9-3-2-4-10-17)22-15-32-20-13-7-8-14-21(20)33-22/h2-14,22H,15-16H2,1H3,(H,26,30). The van der Waals surface area contributed by atoms with E-state index in [-0.39, 0.29) is 11.7 Å². The molecule has 9 heteroatoms. The second-order valence-corrected chi connectivity index (χ2v) is 8.36. The van der Waals surface area contributed by atoms with Gasteiger partial charge < -0.3 is 19.5 Å². The first kappa shape index (κ1) is 21.8. The van der Waals surface area contributed by atoms with Crippen LogP contribution in [0.15, 0.2) is 84.0 Å². The maximum absolute atomic E-state index is 12.7. The van der Waals surface area contributed by atoms with Gasteiger partial charge in [0.2, 0.25) is 5.91 Å². The Labute approximate surface area is 200 Å². The van der Waals surface area contributed by atoms with Gasteiger partial charge in [0.05, 0.1) is 18.6 Å². The third kappa shape index (κ3) is 4.55. The lowest BCUT2D eigenvalue weighted by atomic mass is 10.2. The van der Waals surface area contributed by atoms with Crippen molar-refractivity contribution >= 4 is 23.4 Å². The number of benzene rings is 3. The number of hydrogen-bond donors (Lipinski definition) is 1. The van der Waals surface area contributed by atoms with E-state index in [9.17, 15) is 4.79 Å². The van der Waals surface area contributed by atoms with Gasteiger partial charge in [-0.1, -0.05) is 54.2 Å². The average molecular weight is 475 g/mol. The molecule has 3 aromatic carbocycles. The summed E-state index contributed by atoms with van der Waals surface area (Å²) in [6, 6.07) is 24.6. The van der Waals surface area contributed by atoms with Crippen molar-refractivity contribution in [2.75, 3.05) is 24.8 Å². The minimum atomic E-state index is -0.445. The van der Waals surface area contributed by atoms with Gasteiger partial charge in [-0.25, -0.2) is 0 Å². The van der Waals surface area contributed by atoms with Gasteiger partial charge in [0.1, 0.15) is 12.4 Å². The van der Waals surface area contributed by atoms with Crippen LogP contribution in [-0.2, 0) is 4.79 Å². The molecule has 1 N–H and O–H groups in total. The van der Waals surface area contributed by atoms with Crippen molar-refractivity contribution in [2.45, 2.75) is 11.3 Å². The Morgan fingerprint density at radius 3 is 2.59 bits per heavy atom. The number of aromatic nitrogens is 3. The zero-order valence-electron chi connectivity index (χ0n) is 18.4. The fourth-order valence-corrected chi connectivity index (χ4v) is 4.37. The van der Waals surface area contributed by atoms with Gasteiger partial charge in [-0.05, 0) is 36.4 Å². The molecule has 34 heavy (non-hydrogen) atoms. The summed E-state index contributed by atoms with van der Waals surface area (Å²) in [6.45, 7) is 0.306. The molecule has 5 rings (SSSR count). The molecular formula is C25H22N4O4S. The largest absolute Gasteiger partial charge is 0.495 e. The van der Waals surface area contributed by atoms with E-state index in [0.29, 0.717) is 40.5 Å². The molecule has 172 valence electrons. The molecule has 0 saturated carbocycles. The van der Waals surface area contributed by atoms with E-state index in [1.165, 1.54) is 11.8 Å². The Morgan fingerprint density at radius 2 is 1.76 bits per heavy atom. The highest BCUT2D eigenvalue weighted by Gasteiger charge is 2.29. The maximum atomic E-state index is 12.7. The van der Waals surface area contributed by atoms with Gasteiger partial charge >= 0.3 is 0 Å². The number of carbonyl (C=O) groups excluding carboxylic acids is 1. The Morgan fingerprint density at radius 1 is 1.03 bits per heavy atom. The fraction of sp³-hybridized carbons (Fsp3) is 0.160. The van der Waals surface area contributed by atoms with Crippen LogP contribution in [0.5, 0.6) is 17.2 Å². The number of carbonyl (C=O) groups is 1. The molecule has 0 radical (unpaired) electrons. The van der Waals surface area contributed by atoms with Crippen molar-refractivity contribution in [3.63, 3.8) is 0 Å². The van der Waals surface area contributed by atoms with Crippen LogP contribution in [0.3, 0.4) is 0 Å². The lowest BCUT2D eigenvalue weighted by molar-refractivity contribution is -0.113. The second-order valence-electron chi connectivity index (χ2n) is 7.41. The maximum Gasteiger partial charge on any atom is 0.234 e. The summed E-state index contributed by atoms with van der Waals surface area (Å²) in [6.07, 6.45) is -0.445. The average Bonchev–Trinajstić information content (AvgIpc) is 3.32. The van der Waals surface area contributed by atoms with Gasteiger partial charge in [0, 0.05) is 5.69 Å². The first-order valence-corrected chi connectivity index (χ1v) is 11.7. The van der Waals surface area contributed by atoms with Crippen LogP contribution in [0.25, 0.3) is 5.69 Å². The van der Waals surface area contributed by atoms with Crippen LogP contribution < -0.4 is 19.5 Å². The summed E-state index contributed by atoms with van der Waals surface area (Å²) < 4.78 is 19.3. The molecule has 0 bridgehead atoms. The van der Waals surface area contributed by atoms with Crippen LogP contribution in [0.4, 0.5) is 5.69 Å². The summed E-state index contributed by atoms with van der Waals surface area (Å²) in [5.41, 5.74) is 1.49. The minimum absolute atomic E-state index is 0.147. The number of ether oxygens (including phenoxy) is 3. The van der Waals surface area contributed by atoms with E-state index in [1.807, 2.05) is 71.3 Å². The first-order valence-electron chi connectivity index (χ1n) is 10.7. The summed E-state index contributed by atoms with van der Waals surface area (Å²) in [7, 11) is 1.57. The molecule has 0 fully saturated rings. The molecule has 2 heterocycles. The Hall–Kier alpha value is -3.98. The van der Waals surface area contributed by atoms with Crippen molar-refractivity contribution in [1.29, 1.82) is 0 Å². The van der Waals surface area contributed by atoms with E-state index in [2.05, 4.69) is 15.5 Å². The molecule has 0 aliphatic carbocycles. The molecule has 1 aliphatic rings. The van der Waals surface area contributed by atoms with Crippen molar-refractivity contribution in [2.24, 2.45) is 0 Å². The number of rotatable bonds is 7.